The molecule has 0 atom stereocenters. The van der Waals surface area contributed by atoms with E-state index in [2.05, 4.69) is 93.3 Å². The van der Waals surface area contributed by atoms with Gasteiger partial charge in [0.25, 0.3) is 0 Å². The zero-order valence-corrected chi connectivity index (χ0v) is 17.0. The second kappa shape index (κ2) is 6.64. The molecular formula is C24H17N5S. The van der Waals surface area contributed by atoms with Crippen LogP contribution in [0.25, 0.3) is 54.5 Å². The second-order valence-electron chi connectivity index (χ2n) is 7.14. The summed E-state index contributed by atoms with van der Waals surface area (Å²) < 4.78 is 0. The standard InChI is InChI=1S/C24H17N5S/c1-25-24-29-28-23(30-24)15-12-10-14(11-13-15)22-26-20-18-8-4-2-6-16(18)17-7-3-5-9-19(17)21(20)27-22/h2-13H,1H3,(H,25,29)(H,26,27). The Balaban J connectivity index is 1.52. The number of nitrogens with one attached hydrogen (secondary N) is 2. The van der Waals surface area contributed by atoms with Gasteiger partial charge in [-0.05, 0) is 10.8 Å². The zero-order valence-electron chi connectivity index (χ0n) is 16.2. The smallest absolute Gasteiger partial charge is 0.205 e. The van der Waals surface area contributed by atoms with Crippen LogP contribution < -0.4 is 5.32 Å². The van der Waals surface area contributed by atoms with E-state index < -0.39 is 0 Å². The summed E-state index contributed by atoms with van der Waals surface area (Å²) in [6.07, 6.45) is 0. The van der Waals surface area contributed by atoms with Gasteiger partial charge in [-0.1, -0.05) is 84.1 Å². The highest BCUT2D eigenvalue weighted by Crippen LogP contribution is 2.35. The molecule has 0 aliphatic heterocycles. The molecule has 6 rings (SSSR count). The predicted octanol–water partition coefficient (Wildman–Crippen LogP) is 6.10. The van der Waals surface area contributed by atoms with Crippen molar-refractivity contribution in [1.82, 2.24) is 20.2 Å². The molecule has 6 heteroatoms. The maximum Gasteiger partial charge on any atom is 0.205 e. The fraction of sp³-hybridized carbons (Fsp3) is 0.0417. The lowest BCUT2D eigenvalue weighted by Gasteiger charge is -2.05. The minimum atomic E-state index is 0.810. The summed E-state index contributed by atoms with van der Waals surface area (Å²) in [4.78, 5) is 8.56. The fourth-order valence-corrected chi connectivity index (χ4v) is 4.67. The van der Waals surface area contributed by atoms with Crippen molar-refractivity contribution in [2.75, 3.05) is 12.4 Å². The molecule has 2 N–H and O–H groups in total. The molecule has 0 aliphatic carbocycles. The number of aromatic nitrogens is 4. The normalized spacial score (nSPS) is 11.5. The third kappa shape index (κ3) is 2.58. The van der Waals surface area contributed by atoms with Crippen molar-refractivity contribution in [2.24, 2.45) is 0 Å². The van der Waals surface area contributed by atoms with Gasteiger partial charge in [-0.2, -0.15) is 0 Å². The van der Waals surface area contributed by atoms with E-state index in [-0.39, 0.29) is 0 Å². The topological polar surface area (TPSA) is 66.5 Å². The van der Waals surface area contributed by atoms with Crippen molar-refractivity contribution in [2.45, 2.75) is 0 Å². The molecule has 0 amide bonds. The third-order valence-corrected chi connectivity index (χ3v) is 6.41. The lowest BCUT2D eigenvalue weighted by atomic mass is 10.0. The number of rotatable bonds is 3. The summed E-state index contributed by atoms with van der Waals surface area (Å²) in [5.74, 6) is 0.867. The van der Waals surface area contributed by atoms with Crippen LogP contribution in [0.1, 0.15) is 0 Å². The number of aromatic amines is 1. The predicted molar refractivity (Wildman–Crippen MR) is 125 cm³/mol. The van der Waals surface area contributed by atoms with Crippen LogP contribution in [-0.4, -0.2) is 27.2 Å². The molecule has 5 nitrogen and oxygen atoms in total. The van der Waals surface area contributed by atoms with Crippen LogP contribution in [0.3, 0.4) is 0 Å². The van der Waals surface area contributed by atoms with Gasteiger partial charge in [-0.15, -0.1) is 10.2 Å². The highest BCUT2D eigenvalue weighted by molar-refractivity contribution is 7.18. The molecule has 30 heavy (non-hydrogen) atoms. The molecular weight excluding hydrogens is 390 g/mol. The summed E-state index contributed by atoms with van der Waals surface area (Å²) in [5.41, 5.74) is 4.17. The first-order chi connectivity index (χ1) is 14.8. The van der Waals surface area contributed by atoms with E-state index in [0.717, 1.165) is 38.1 Å². The average Bonchev–Trinajstić information content (AvgIpc) is 3.47. The number of hydrogen-bond donors (Lipinski definition) is 2. The Morgan fingerprint density at radius 3 is 2.07 bits per heavy atom. The monoisotopic (exact) mass is 407 g/mol. The van der Waals surface area contributed by atoms with Gasteiger partial charge in [-0.3, -0.25) is 0 Å². The molecule has 4 aromatic carbocycles. The van der Waals surface area contributed by atoms with Gasteiger partial charge in [0.05, 0.1) is 11.0 Å². The molecule has 2 aromatic heterocycles. The summed E-state index contributed by atoms with van der Waals surface area (Å²) in [7, 11) is 1.85. The summed E-state index contributed by atoms with van der Waals surface area (Å²) >= 11 is 1.54. The number of fused-ring (bicyclic) bond motifs is 6. The van der Waals surface area contributed by atoms with Gasteiger partial charge in [-0.25, -0.2) is 4.98 Å². The molecule has 0 unspecified atom stereocenters. The van der Waals surface area contributed by atoms with Crippen molar-refractivity contribution in [1.29, 1.82) is 0 Å². The highest BCUT2D eigenvalue weighted by Gasteiger charge is 2.14. The van der Waals surface area contributed by atoms with E-state index >= 15 is 0 Å². The summed E-state index contributed by atoms with van der Waals surface area (Å²) in [5, 5.41) is 17.9. The number of anilines is 1. The van der Waals surface area contributed by atoms with Crippen LogP contribution in [-0.2, 0) is 0 Å². The number of hydrogen-bond acceptors (Lipinski definition) is 5. The van der Waals surface area contributed by atoms with Gasteiger partial charge < -0.3 is 10.3 Å². The van der Waals surface area contributed by atoms with Crippen molar-refractivity contribution in [3.8, 4) is 22.0 Å². The van der Waals surface area contributed by atoms with E-state index in [0.29, 0.717) is 0 Å². The Bertz CT molecular complexity index is 1460. The molecule has 0 bridgehead atoms. The molecule has 0 spiro atoms. The number of imidazole rings is 1. The number of benzene rings is 4. The number of H-pyrrole nitrogens is 1. The van der Waals surface area contributed by atoms with Gasteiger partial charge >= 0.3 is 0 Å². The van der Waals surface area contributed by atoms with Gasteiger partial charge in [0.1, 0.15) is 10.8 Å². The Kier molecular flexibility index (Phi) is 3.79. The zero-order chi connectivity index (χ0) is 20.1. The van der Waals surface area contributed by atoms with E-state index in [1.54, 1.807) is 0 Å². The largest absolute Gasteiger partial charge is 0.363 e. The lowest BCUT2D eigenvalue weighted by molar-refractivity contribution is 1.09. The maximum atomic E-state index is 4.99. The van der Waals surface area contributed by atoms with E-state index in [1.807, 2.05) is 7.05 Å². The molecule has 0 fully saturated rings. The number of nitrogens with zero attached hydrogens (tertiary/aromatic N) is 3. The van der Waals surface area contributed by atoms with Crippen molar-refractivity contribution in [3.05, 3.63) is 72.8 Å². The van der Waals surface area contributed by atoms with Crippen LogP contribution in [0.4, 0.5) is 5.13 Å². The molecule has 0 saturated carbocycles. The first-order valence-corrected chi connectivity index (χ1v) is 10.5. The average molecular weight is 408 g/mol. The van der Waals surface area contributed by atoms with E-state index in [9.17, 15) is 0 Å². The SMILES string of the molecule is CNc1nnc(-c2ccc(-c3nc4c5ccccc5c5ccccc5c4[nH]3)cc2)s1. The Labute approximate surface area is 176 Å². The highest BCUT2D eigenvalue weighted by atomic mass is 32.1. The van der Waals surface area contributed by atoms with Gasteiger partial charge in [0.2, 0.25) is 5.13 Å². The molecule has 0 radical (unpaired) electrons. The Morgan fingerprint density at radius 2 is 1.37 bits per heavy atom. The maximum absolute atomic E-state index is 4.99. The quantitative estimate of drug-likeness (QED) is 0.348. The molecule has 0 aliphatic rings. The van der Waals surface area contributed by atoms with Crippen molar-refractivity contribution < 1.29 is 0 Å². The first kappa shape index (κ1) is 17.1. The van der Waals surface area contributed by atoms with E-state index in [1.165, 1.54) is 32.9 Å². The molecule has 144 valence electrons. The van der Waals surface area contributed by atoms with Crippen molar-refractivity contribution >= 4 is 49.0 Å². The van der Waals surface area contributed by atoms with Crippen LogP contribution in [0, 0.1) is 0 Å². The Hall–Kier alpha value is -3.77. The fourth-order valence-electron chi connectivity index (χ4n) is 3.97. The molecule has 2 heterocycles. The van der Waals surface area contributed by atoms with E-state index in [4.69, 9.17) is 4.98 Å². The van der Waals surface area contributed by atoms with Crippen LogP contribution >= 0.6 is 11.3 Å². The van der Waals surface area contributed by atoms with Crippen LogP contribution in [0.5, 0.6) is 0 Å². The Morgan fingerprint density at radius 1 is 0.733 bits per heavy atom. The minimum absolute atomic E-state index is 0.810. The second-order valence-corrected chi connectivity index (χ2v) is 8.12. The van der Waals surface area contributed by atoms with Gasteiger partial charge in [0.15, 0.2) is 0 Å². The van der Waals surface area contributed by atoms with Crippen molar-refractivity contribution in [3.63, 3.8) is 0 Å². The molecule has 0 saturated heterocycles. The minimum Gasteiger partial charge on any atom is -0.363 e. The van der Waals surface area contributed by atoms with Crippen LogP contribution in [0.15, 0.2) is 72.8 Å². The van der Waals surface area contributed by atoms with Gasteiger partial charge in [0, 0.05) is 28.9 Å². The first-order valence-electron chi connectivity index (χ1n) is 9.73. The lowest BCUT2D eigenvalue weighted by Crippen LogP contribution is -1.84. The van der Waals surface area contributed by atoms with Crippen LogP contribution in [0.2, 0.25) is 0 Å². The molecule has 6 aromatic rings. The summed E-state index contributed by atoms with van der Waals surface area (Å²) in [6.45, 7) is 0. The third-order valence-electron chi connectivity index (χ3n) is 5.42. The summed E-state index contributed by atoms with van der Waals surface area (Å²) in [6, 6.07) is 25.3.